The van der Waals surface area contributed by atoms with E-state index < -0.39 is 19.3 Å². The van der Waals surface area contributed by atoms with Gasteiger partial charge < -0.3 is 19.1 Å². The lowest BCUT2D eigenvalue weighted by Crippen LogP contribution is -2.31. The minimum absolute atomic E-state index is 0.284. The Kier molecular flexibility index (Phi) is 6.15. The minimum Gasteiger partial charge on any atom is -0.469 e. The first kappa shape index (κ1) is 14.1. The van der Waals surface area contributed by atoms with Gasteiger partial charge in [-0.15, -0.1) is 0 Å². The summed E-state index contributed by atoms with van der Waals surface area (Å²) in [6.07, 6.45) is 0.0342. The van der Waals surface area contributed by atoms with Gasteiger partial charge in [-0.25, -0.2) is 0 Å². The van der Waals surface area contributed by atoms with Gasteiger partial charge in [-0.1, -0.05) is 0 Å². The normalized spacial score (nSPS) is 13.0. The predicted molar refractivity (Wildman–Crippen MR) is 51.2 cm³/mol. The number of nitrogens with one attached hydrogen (secondary N) is 1. The molecule has 0 aliphatic carbocycles. The summed E-state index contributed by atoms with van der Waals surface area (Å²) < 4.78 is 25.5. The molecule has 0 aromatic carbocycles. The topological polar surface area (TPSA) is 90.9 Å². The SMILES string of the molecule is COC(=O)CC(NC=O)P(=O)(OC)OC. The molecular formula is C7H14NO6P. The molecule has 1 atom stereocenters. The maximum atomic E-state index is 11.8. The third-order valence-electron chi connectivity index (χ3n) is 1.74. The van der Waals surface area contributed by atoms with E-state index in [1.165, 1.54) is 21.3 Å². The van der Waals surface area contributed by atoms with Crippen molar-refractivity contribution >= 4 is 20.0 Å². The van der Waals surface area contributed by atoms with Gasteiger partial charge in [0.25, 0.3) is 0 Å². The molecule has 88 valence electrons. The Balaban J connectivity index is 4.70. The number of rotatable bonds is 7. The summed E-state index contributed by atoms with van der Waals surface area (Å²) in [5, 5.41) is 2.20. The molecule has 0 heterocycles. The summed E-state index contributed by atoms with van der Waals surface area (Å²) >= 11 is 0. The molecule has 0 aliphatic rings. The fraction of sp³-hybridized carbons (Fsp3) is 0.714. The van der Waals surface area contributed by atoms with E-state index in [2.05, 4.69) is 19.1 Å². The molecule has 0 spiro atoms. The number of hydrogen-bond acceptors (Lipinski definition) is 6. The number of ether oxygens (including phenoxy) is 1. The van der Waals surface area contributed by atoms with Crippen molar-refractivity contribution in [3.63, 3.8) is 0 Å². The third-order valence-corrected chi connectivity index (χ3v) is 3.85. The maximum absolute atomic E-state index is 11.8. The van der Waals surface area contributed by atoms with Crippen LogP contribution in [0.1, 0.15) is 6.42 Å². The lowest BCUT2D eigenvalue weighted by atomic mass is 10.4. The zero-order valence-electron chi connectivity index (χ0n) is 8.76. The predicted octanol–water partition coefficient (Wildman–Crippen LogP) is 0.107. The van der Waals surface area contributed by atoms with Gasteiger partial charge in [0.2, 0.25) is 6.41 Å². The van der Waals surface area contributed by atoms with E-state index in [1.54, 1.807) is 0 Å². The highest BCUT2D eigenvalue weighted by atomic mass is 31.2. The number of amides is 1. The van der Waals surface area contributed by atoms with Gasteiger partial charge in [-0.05, 0) is 0 Å². The first-order chi connectivity index (χ1) is 7.03. The fourth-order valence-corrected chi connectivity index (χ4v) is 2.18. The molecule has 8 heteroatoms. The van der Waals surface area contributed by atoms with Crippen LogP contribution in [0, 0.1) is 0 Å². The molecule has 15 heavy (non-hydrogen) atoms. The Morgan fingerprint density at radius 2 is 1.93 bits per heavy atom. The van der Waals surface area contributed by atoms with Crippen LogP contribution < -0.4 is 5.32 Å². The van der Waals surface area contributed by atoms with E-state index in [0.29, 0.717) is 6.41 Å². The Bertz CT molecular complexity index is 260. The number of methoxy groups -OCH3 is 1. The van der Waals surface area contributed by atoms with Gasteiger partial charge in [0.1, 0.15) is 5.78 Å². The van der Waals surface area contributed by atoms with E-state index in [1.807, 2.05) is 0 Å². The van der Waals surface area contributed by atoms with Crippen LogP contribution in [0.4, 0.5) is 0 Å². The standard InChI is InChI=1S/C7H14NO6P/c1-12-7(10)4-6(8-5-9)15(11,13-2)14-3/h5-6H,4H2,1-3H3,(H,8,9). The molecule has 0 radical (unpaired) electrons. The number of carbonyl (C=O) groups excluding carboxylic acids is 2. The first-order valence-electron chi connectivity index (χ1n) is 4.01. The summed E-state index contributed by atoms with van der Waals surface area (Å²) in [5.41, 5.74) is 0. The fourth-order valence-electron chi connectivity index (χ4n) is 0.911. The van der Waals surface area contributed by atoms with E-state index >= 15 is 0 Å². The molecule has 0 aliphatic heterocycles. The van der Waals surface area contributed by atoms with Crippen LogP contribution in [0.25, 0.3) is 0 Å². The molecule has 0 saturated heterocycles. The number of carbonyl (C=O) groups is 2. The van der Waals surface area contributed by atoms with Crippen LogP contribution in [-0.2, 0) is 27.9 Å². The van der Waals surface area contributed by atoms with Gasteiger partial charge >= 0.3 is 13.6 Å². The molecule has 0 fully saturated rings. The second-order valence-corrected chi connectivity index (χ2v) is 4.92. The summed E-state index contributed by atoms with van der Waals surface area (Å²) in [6.45, 7) is 0. The lowest BCUT2D eigenvalue weighted by molar-refractivity contribution is -0.140. The molecule has 0 aromatic heterocycles. The summed E-state index contributed by atoms with van der Waals surface area (Å²) in [5.74, 6) is -1.67. The van der Waals surface area contributed by atoms with Crippen molar-refractivity contribution < 1.29 is 27.9 Å². The van der Waals surface area contributed by atoms with Crippen LogP contribution >= 0.6 is 7.60 Å². The maximum Gasteiger partial charge on any atom is 0.352 e. The summed E-state index contributed by atoms with van der Waals surface area (Å²) in [7, 11) is 0.00268. The summed E-state index contributed by atoms with van der Waals surface area (Å²) in [6, 6.07) is 0. The van der Waals surface area contributed by atoms with Crippen LogP contribution in [0.2, 0.25) is 0 Å². The van der Waals surface area contributed by atoms with Crippen LogP contribution in [0.15, 0.2) is 0 Å². The molecule has 0 aromatic rings. The zero-order valence-corrected chi connectivity index (χ0v) is 9.65. The first-order valence-corrected chi connectivity index (χ1v) is 5.63. The number of esters is 1. The van der Waals surface area contributed by atoms with E-state index in [-0.39, 0.29) is 6.42 Å². The highest BCUT2D eigenvalue weighted by molar-refractivity contribution is 7.54. The Morgan fingerprint density at radius 3 is 2.27 bits per heavy atom. The number of hydrogen-bond donors (Lipinski definition) is 1. The lowest BCUT2D eigenvalue weighted by Gasteiger charge is -2.22. The van der Waals surface area contributed by atoms with Gasteiger partial charge in [-0.2, -0.15) is 0 Å². The van der Waals surface area contributed by atoms with E-state index in [9.17, 15) is 14.2 Å². The second kappa shape index (κ2) is 6.55. The highest BCUT2D eigenvalue weighted by Gasteiger charge is 2.35. The van der Waals surface area contributed by atoms with Crippen molar-refractivity contribution in [2.75, 3.05) is 21.3 Å². The average Bonchev–Trinajstić information content (AvgIpc) is 2.27. The molecule has 0 bridgehead atoms. The van der Waals surface area contributed by atoms with E-state index in [4.69, 9.17) is 0 Å². The molecule has 1 N–H and O–H groups in total. The zero-order chi connectivity index (χ0) is 11.9. The smallest absolute Gasteiger partial charge is 0.352 e. The van der Waals surface area contributed by atoms with Gasteiger partial charge in [0, 0.05) is 14.2 Å². The van der Waals surface area contributed by atoms with Crippen molar-refractivity contribution in [3.8, 4) is 0 Å². The Hall–Kier alpha value is -0.910. The Labute approximate surface area is 87.6 Å². The monoisotopic (exact) mass is 239 g/mol. The van der Waals surface area contributed by atoms with Gasteiger partial charge in [-0.3, -0.25) is 14.2 Å². The van der Waals surface area contributed by atoms with Gasteiger partial charge in [0.05, 0.1) is 13.5 Å². The average molecular weight is 239 g/mol. The highest BCUT2D eigenvalue weighted by Crippen LogP contribution is 2.51. The van der Waals surface area contributed by atoms with Crippen LogP contribution in [-0.4, -0.2) is 39.5 Å². The molecule has 0 rings (SSSR count). The van der Waals surface area contributed by atoms with Crippen LogP contribution in [0.5, 0.6) is 0 Å². The quantitative estimate of drug-likeness (QED) is 0.385. The second-order valence-electron chi connectivity index (χ2n) is 2.49. The van der Waals surface area contributed by atoms with Crippen molar-refractivity contribution in [1.29, 1.82) is 0 Å². The van der Waals surface area contributed by atoms with Crippen molar-refractivity contribution in [3.05, 3.63) is 0 Å². The Morgan fingerprint density at radius 1 is 1.40 bits per heavy atom. The van der Waals surface area contributed by atoms with Gasteiger partial charge in [0.15, 0.2) is 0 Å². The third kappa shape index (κ3) is 3.99. The molecule has 0 saturated carbocycles. The van der Waals surface area contributed by atoms with Crippen molar-refractivity contribution in [2.24, 2.45) is 0 Å². The van der Waals surface area contributed by atoms with Crippen LogP contribution in [0.3, 0.4) is 0 Å². The largest absolute Gasteiger partial charge is 0.469 e. The minimum atomic E-state index is -3.52. The molecular weight excluding hydrogens is 225 g/mol. The van der Waals surface area contributed by atoms with Crippen molar-refractivity contribution in [2.45, 2.75) is 12.2 Å². The van der Waals surface area contributed by atoms with Crippen molar-refractivity contribution in [1.82, 2.24) is 5.32 Å². The molecule has 7 nitrogen and oxygen atoms in total. The van der Waals surface area contributed by atoms with E-state index in [0.717, 1.165) is 0 Å². The summed E-state index contributed by atoms with van der Waals surface area (Å²) in [4.78, 5) is 21.2. The molecule has 1 unspecified atom stereocenters. The molecule has 1 amide bonds.